The first-order valence-corrected chi connectivity index (χ1v) is 7.07. The van der Waals surface area contributed by atoms with Crippen molar-refractivity contribution >= 4 is 0 Å². The Morgan fingerprint density at radius 1 is 1.35 bits per heavy atom. The van der Waals surface area contributed by atoms with Gasteiger partial charge in [0.1, 0.15) is 24.5 Å². The van der Waals surface area contributed by atoms with E-state index in [0.717, 1.165) is 29.1 Å². The van der Waals surface area contributed by atoms with Gasteiger partial charge in [-0.25, -0.2) is 0 Å². The average Bonchev–Trinajstić information content (AvgIpc) is 2.74. The molecule has 106 valence electrons. The lowest BCUT2D eigenvalue weighted by atomic mass is 9.99. The van der Waals surface area contributed by atoms with E-state index in [1.54, 1.807) is 0 Å². The maximum atomic E-state index is 10.6. The van der Waals surface area contributed by atoms with Crippen LogP contribution in [0.1, 0.15) is 41.6 Å². The van der Waals surface area contributed by atoms with Crippen LogP contribution in [-0.4, -0.2) is 21.5 Å². The highest BCUT2D eigenvalue weighted by Crippen LogP contribution is 2.38. The van der Waals surface area contributed by atoms with Crippen molar-refractivity contribution in [1.29, 1.82) is 0 Å². The summed E-state index contributed by atoms with van der Waals surface area (Å²) in [7, 11) is 0. The number of hydrogen-bond acceptors (Lipinski definition) is 3. The molecule has 20 heavy (non-hydrogen) atoms. The lowest BCUT2D eigenvalue weighted by Gasteiger charge is -2.31. The number of fused-ring (bicyclic) bond motifs is 1. The summed E-state index contributed by atoms with van der Waals surface area (Å²) in [6.07, 6.45) is 0.375. The average molecular weight is 272 g/mol. The van der Waals surface area contributed by atoms with Gasteiger partial charge in [0.15, 0.2) is 0 Å². The van der Waals surface area contributed by atoms with Gasteiger partial charge in [-0.15, -0.1) is 0 Å². The molecule has 2 aromatic rings. The molecule has 1 aromatic heterocycles. The van der Waals surface area contributed by atoms with Crippen molar-refractivity contribution in [2.75, 3.05) is 6.61 Å². The fourth-order valence-electron chi connectivity index (χ4n) is 3.07. The molecule has 0 aliphatic carbocycles. The van der Waals surface area contributed by atoms with Gasteiger partial charge in [0.2, 0.25) is 0 Å². The van der Waals surface area contributed by atoms with Gasteiger partial charge in [-0.1, -0.05) is 25.1 Å². The number of rotatable bonds is 2. The molecular formula is C16H20N2O2. The molecular weight excluding hydrogens is 252 g/mol. The number of hydrogen-bond donors (Lipinski definition) is 1. The molecule has 0 bridgehead atoms. The molecule has 4 heteroatoms. The molecule has 0 fully saturated rings. The zero-order chi connectivity index (χ0) is 14.3. The monoisotopic (exact) mass is 272 g/mol. The standard InChI is InChI=1S/C16H20N2O2/c1-4-12-10(2)17-18(11(12)3)14-9-20-15-8-6-5-7-13(15)16(14)19/h5-8,14,16,19H,4,9H2,1-3H3. The van der Waals surface area contributed by atoms with E-state index in [4.69, 9.17) is 4.74 Å². The van der Waals surface area contributed by atoms with Crippen LogP contribution in [0, 0.1) is 13.8 Å². The Morgan fingerprint density at radius 2 is 2.10 bits per heavy atom. The van der Waals surface area contributed by atoms with Gasteiger partial charge in [-0.05, 0) is 31.9 Å². The van der Waals surface area contributed by atoms with E-state index in [-0.39, 0.29) is 6.04 Å². The van der Waals surface area contributed by atoms with Crippen molar-refractivity contribution in [1.82, 2.24) is 9.78 Å². The molecule has 1 aliphatic heterocycles. The predicted octanol–water partition coefficient (Wildman–Crippen LogP) is 2.73. The molecule has 0 spiro atoms. The molecule has 0 saturated carbocycles. The summed E-state index contributed by atoms with van der Waals surface area (Å²) < 4.78 is 7.70. The number of aliphatic hydroxyl groups is 1. The number of para-hydroxylation sites is 1. The van der Waals surface area contributed by atoms with Crippen LogP contribution in [0.25, 0.3) is 0 Å². The first-order chi connectivity index (χ1) is 9.63. The fourth-order valence-corrected chi connectivity index (χ4v) is 3.07. The quantitative estimate of drug-likeness (QED) is 0.914. The van der Waals surface area contributed by atoms with Crippen LogP contribution in [0.3, 0.4) is 0 Å². The second-order valence-corrected chi connectivity index (χ2v) is 5.31. The minimum absolute atomic E-state index is 0.163. The molecule has 0 radical (unpaired) electrons. The van der Waals surface area contributed by atoms with Crippen molar-refractivity contribution in [2.24, 2.45) is 0 Å². The summed E-state index contributed by atoms with van der Waals surface area (Å²) in [5.41, 5.74) is 4.26. The third kappa shape index (κ3) is 1.91. The third-order valence-electron chi connectivity index (χ3n) is 4.15. The highest BCUT2D eigenvalue weighted by atomic mass is 16.5. The topological polar surface area (TPSA) is 47.3 Å². The fraction of sp³-hybridized carbons (Fsp3) is 0.438. The molecule has 3 rings (SSSR count). The van der Waals surface area contributed by atoms with Crippen LogP contribution in [0.15, 0.2) is 24.3 Å². The van der Waals surface area contributed by atoms with Crippen LogP contribution >= 0.6 is 0 Å². The van der Waals surface area contributed by atoms with Gasteiger partial charge in [0.05, 0.1) is 5.69 Å². The van der Waals surface area contributed by atoms with Gasteiger partial charge in [-0.3, -0.25) is 4.68 Å². The van der Waals surface area contributed by atoms with E-state index in [1.165, 1.54) is 5.56 Å². The van der Waals surface area contributed by atoms with E-state index in [0.29, 0.717) is 6.61 Å². The molecule has 1 N–H and O–H groups in total. The zero-order valence-electron chi connectivity index (χ0n) is 12.1. The van der Waals surface area contributed by atoms with Crippen molar-refractivity contribution in [3.8, 4) is 5.75 Å². The second kappa shape index (κ2) is 4.94. The molecule has 1 aliphatic rings. The SMILES string of the molecule is CCc1c(C)nn(C2COc3ccccc3C2O)c1C. The molecule has 0 amide bonds. The lowest BCUT2D eigenvalue weighted by Crippen LogP contribution is -2.30. The zero-order valence-corrected chi connectivity index (χ0v) is 12.1. The first-order valence-electron chi connectivity index (χ1n) is 7.07. The molecule has 4 nitrogen and oxygen atoms in total. The van der Waals surface area contributed by atoms with E-state index in [2.05, 4.69) is 18.9 Å². The maximum absolute atomic E-state index is 10.6. The molecule has 1 aromatic carbocycles. The van der Waals surface area contributed by atoms with Crippen LogP contribution in [0.2, 0.25) is 0 Å². The van der Waals surface area contributed by atoms with Crippen LogP contribution < -0.4 is 4.74 Å². The van der Waals surface area contributed by atoms with Crippen LogP contribution in [-0.2, 0) is 6.42 Å². The minimum Gasteiger partial charge on any atom is -0.491 e. The number of benzene rings is 1. The predicted molar refractivity (Wildman–Crippen MR) is 77.0 cm³/mol. The molecule has 2 unspecified atom stereocenters. The summed E-state index contributed by atoms with van der Waals surface area (Å²) in [4.78, 5) is 0. The van der Waals surface area contributed by atoms with E-state index >= 15 is 0 Å². The summed E-state index contributed by atoms with van der Waals surface area (Å²) in [5.74, 6) is 0.772. The number of ether oxygens (including phenoxy) is 1. The minimum atomic E-state index is -0.581. The Bertz CT molecular complexity index is 633. The first kappa shape index (κ1) is 13.2. The summed E-state index contributed by atoms with van der Waals surface area (Å²) in [6, 6.07) is 7.49. The number of aromatic nitrogens is 2. The van der Waals surface area contributed by atoms with Crippen molar-refractivity contribution < 1.29 is 9.84 Å². The largest absolute Gasteiger partial charge is 0.491 e. The second-order valence-electron chi connectivity index (χ2n) is 5.31. The molecule has 2 heterocycles. The Morgan fingerprint density at radius 3 is 2.80 bits per heavy atom. The third-order valence-corrected chi connectivity index (χ3v) is 4.15. The van der Waals surface area contributed by atoms with Gasteiger partial charge in [-0.2, -0.15) is 5.10 Å². The van der Waals surface area contributed by atoms with Crippen molar-refractivity contribution in [2.45, 2.75) is 39.3 Å². The van der Waals surface area contributed by atoms with Gasteiger partial charge in [0, 0.05) is 11.3 Å². The lowest BCUT2D eigenvalue weighted by molar-refractivity contribution is 0.0496. The molecule has 2 atom stereocenters. The Labute approximate surface area is 119 Å². The number of aryl methyl sites for hydroxylation is 1. The highest BCUT2D eigenvalue weighted by molar-refractivity contribution is 5.38. The van der Waals surface area contributed by atoms with Crippen molar-refractivity contribution in [3.05, 3.63) is 46.8 Å². The maximum Gasteiger partial charge on any atom is 0.125 e. The van der Waals surface area contributed by atoms with Gasteiger partial charge < -0.3 is 9.84 Å². The Kier molecular flexibility index (Phi) is 3.26. The Balaban J connectivity index is 2.01. The summed E-state index contributed by atoms with van der Waals surface area (Å²) in [5, 5.41) is 15.2. The van der Waals surface area contributed by atoms with E-state index in [1.807, 2.05) is 35.9 Å². The van der Waals surface area contributed by atoms with Crippen LogP contribution in [0.4, 0.5) is 0 Å². The molecule has 0 saturated heterocycles. The van der Waals surface area contributed by atoms with Crippen molar-refractivity contribution in [3.63, 3.8) is 0 Å². The number of aliphatic hydroxyl groups excluding tert-OH is 1. The normalized spacial score (nSPS) is 21.4. The smallest absolute Gasteiger partial charge is 0.125 e. The summed E-state index contributed by atoms with van der Waals surface area (Å²) >= 11 is 0. The number of nitrogens with zero attached hydrogens (tertiary/aromatic N) is 2. The van der Waals surface area contributed by atoms with E-state index in [9.17, 15) is 5.11 Å². The summed E-state index contributed by atoms with van der Waals surface area (Å²) in [6.45, 7) is 6.66. The van der Waals surface area contributed by atoms with Crippen LogP contribution in [0.5, 0.6) is 5.75 Å². The highest BCUT2D eigenvalue weighted by Gasteiger charge is 2.32. The Hall–Kier alpha value is -1.81. The van der Waals surface area contributed by atoms with E-state index < -0.39 is 6.10 Å². The van der Waals surface area contributed by atoms with Gasteiger partial charge >= 0.3 is 0 Å². The van der Waals surface area contributed by atoms with Gasteiger partial charge in [0.25, 0.3) is 0 Å².